The molecule has 0 radical (unpaired) electrons. The molecule has 2 aromatic heterocycles. The largest absolute Gasteiger partial charge is 0.328 e. The maximum atomic E-state index is 13.7. The van der Waals surface area contributed by atoms with E-state index in [9.17, 15) is 9.59 Å². The second-order valence-electron chi connectivity index (χ2n) is 7.60. The molecule has 0 fully saturated rings. The number of hydrogen-bond donors (Lipinski definition) is 0. The minimum absolute atomic E-state index is 0.133. The lowest BCUT2D eigenvalue weighted by molar-refractivity contribution is 0.669. The number of benzene rings is 3. The maximum absolute atomic E-state index is 13.7. The molecular formula is C26H21N3O2. The average Bonchev–Trinajstić information content (AvgIpc) is 2.82. The van der Waals surface area contributed by atoms with E-state index in [-0.39, 0.29) is 16.4 Å². The zero-order chi connectivity index (χ0) is 21.4. The fourth-order valence-corrected chi connectivity index (χ4v) is 4.09. The van der Waals surface area contributed by atoms with Gasteiger partial charge in [0.1, 0.15) is 11.2 Å². The van der Waals surface area contributed by atoms with Crippen LogP contribution in [0.2, 0.25) is 0 Å². The van der Waals surface area contributed by atoms with Crippen LogP contribution in [0.5, 0.6) is 0 Å². The highest BCUT2D eigenvalue weighted by atomic mass is 16.1. The fourth-order valence-electron chi connectivity index (χ4n) is 4.09. The van der Waals surface area contributed by atoms with E-state index in [0.29, 0.717) is 29.8 Å². The number of nitrogens with zero attached hydrogens (tertiary/aromatic N) is 3. The van der Waals surface area contributed by atoms with Gasteiger partial charge in [-0.15, -0.1) is 0 Å². The van der Waals surface area contributed by atoms with Gasteiger partial charge in [-0.05, 0) is 24.1 Å². The van der Waals surface area contributed by atoms with Gasteiger partial charge in [0, 0.05) is 24.5 Å². The number of hydrogen-bond acceptors (Lipinski definition) is 3. The van der Waals surface area contributed by atoms with Crippen LogP contribution in [0.1, 0.15) is 5.56 Å². The first kappa shape index (κ1) is 19.0. The Labute approximate surface area is 178 Å². The van der Waals surface area contributed by atoms with Crippen molar-refractivity contribution in [1.82, 2.24) is 14.1 Å². The number of aryl methyl sites for hydroxylation is 2. The van der Waals surface area contributed by atoms with Crippen LogP contribution in [-0.2, 0) is 20.0 Å². The number of aromatic nitrogens is 3. The van der Waals surface area contributed by atoms with E-state index in [2.05, 4.69) is 0 Å². The van der Waals surface area contributed by atoms with Gasteiger partial charge in [-0.25, -0.2) is 4.98 Å². The van der Waals surface area contributed by atoms with E-state index < -0.39 is 0 Å². The van der Waals surface area contributed by atoms with Gasteiger partial charge in [0.15, 0.2) is 5.65 Å². The summed E-state index contributed by atoms with van der Waals surface area (Å²) in [6.45, 7) is 0.437. The second kappa shape index (κ2) is 7.69. The Morgan fingerprint density at radius 3 is 2.19 bits per heavy atom. The van der Waals surface area contributed by atoms with Gasteiger partial charge in [0.25, 0.3) is 5.56 Å². The molecule has 0 unspecified atom stereocenters. The molecule has 5 aromatic rings. The Balaban J connectivity index is 1.82. The van der Waals surface area contributed by atoms with Crippen molar-refractivity contribution in [3.05, 3.63) is 111 Å². The molecule has 0 atom stereocenters. The van der Waals surface area contributed by atoms with Crippen molar-refractivity contribution in [1.29, 1.82) is 0 Å². The monoisotopic (exact) mass is 407 g/mol. The molecule has 5 nitrogen and oxygen atoms in total. The summed E-state index contributed by atoms with van der Waals surface area (Å²) in [6.07, 6.45) is 0.668. The van der Waals surface area contributed by atoms with Crippen LogP contribution in [0.25, 0.3) is 33.3 Å². The molecule has 152 valence electrons. The average molecular weight is 407 g/mol. The molecule has 0 saturated heterocycles. The lowest BCUT2D eigenvalue weighted by Gasteiger charge is -2.16. The molecule has 0 saturated carbocycles. The van der Waals surface area contributed by atoms with E-state index >= 15 is 0 Å². The molecule has 2 heterocycles. The van der Waals surface area contributed by atoms with Crippen LogP contribution in [0, 0.1) is 0 Å². The predicted octanol–water partition coefficient (Wildman–Crippen LogP) is 4.16. The zero-order valence-electron chi connectivity index (χ0n) is 17.2. The van der Waals surface area contributed by atoms with Crippen LogP contribution >= 0.6 is 0 Å². The number of rotatable bonds is 4. The normalized spacial score (nSPS) is 11.3. The van der Waals surface area contributed by atoms with E-state index in [1.807, 2.05) is 90.5 Å². The molecular weight excluding hydrogens is 386 g/mol. The SMILES string of the molecule is Cn1c2ccccc2c(=O)c2c(=O)n(CCc3ccccc3)c(-c3ccccc3)nc21. The summed E-state index contributed by atoms with van der Waals surface area (Å²) in [6, 6.07) is 27.0. The topological polar surface area (TPSA) is 56.9 Å². The minimum atomic E-state index is -0.300. The Bertz CT molecular complexity index is 1520. The summed E-state index contributed by atoms with van der Waals surface area (Å²) in [7, 11) is 1.85. The molecule has 0 aliphatic rings. The first-order valence-corrected chi connectivity index (χ1v) is 10.3. The molecule has 3 aromatic carbocycles. The molecule has 0 aliphatic heterocycles. The first-order valence-electron chi connectivity index (χ1n) is 10.3. The maximum Gasteiger partial charge on any atom is 0.267 e. The third-order valence-electron chi connectivity index (χ3n) is 5.70. The van der Waals surface area contributed by atoms with Gasteiger partial charge in [0.05, 0.1) is 5.52 Å². The molecule has 0 amide bonds. The van der Waals surface area contributed by atoms with E-state index in [4.69, 9.17) is 4.98 Å². The Kier molecular flexibility index (Phi) is 4.71. The number of pyridine rings is 1. The van der Waals surface area contributed by atoms with Crippen LogP contribution in [0.3, 0.4) is 0 Å². The van der Waals surface area contributed by atoms with Crippen molar-refractivity contribution in [2.75, 3.05) is 0 Å². The van der Waals surface area contributed by atoms with E-state index in [0.717, 1.165) is 16.6 Å². The van der Waals surface area contributed by atoms with Gasteiger partial charge in [-0.3, -0.25) is 14.2 Å². The van der Waals surface area contributed by atoms with Gasteiger partial charge in [0.2, 0.25) is 5.43 Å². The summed E-state index contributed by atoms with van der Waals surface area (Å²) in [5, 5.41) is 0.660. The fraction of sp³-hybridized carbons (Fsp3) is 0.115. The second-order valence-corrected chi connectivity index (χ2v) is 7.60. The summed E-state index contributed by atoms with van der Waals surface area (Å²) < 4.78 is 3.47. The van der Waals surface area contributed by atoms with Crippen LogP contribution in [0.15, 0.2) is 94.5 Å². The smallest absolute Gasteiger partial charge is 0.267 e. The van der Waals surface area contributed by atoms with Gasteiger partial charge in [-0.2, -0.15) is 0 Å². The Morgan fingerprint density at radius 2 is 1.45 bits per heavy atom. The lowest BCUT2D eigenvalue weighted by Crippen LogP contribution is -2.29. The summed E-state index contributed by atoms with van der Waals surface area (Å²) in [5.41, 5.74) is 2.56. The number of fused-ring (bicyclic) bond motifs is 2. The molecule has 5 rings (SSSR count). The highest BCUT2D eigenvalue weighted by molar-refractivity contribution is 5.91. The van der Waals surface area contributed by atoms with Gasteiger partial charge in [-0.1, -0.05) is 72.8 Å². The molecule has 0 spiro atoms. The Morgan fingerprint density at radius 1 is 0.806 bits per heavy atom. The quantitative estimate of drug-likeness (QED) is 0.421. The summed E-state index contributed by atoms with van der Waals surface area (Å²) in [4.78, 5) is 31.8. The van der Waals surface area contributed by atoms with Crippen molar-refractivity contribution in [3.8, 4) is 11.4 Å². The van der Waals surface area contributed by atoms with Crippen LogP contribution < -0.4 is 11.0 Å². The third kappa shape index (κ3) is 3.24. The van der Waals surface area contributed by atoms with Crippen molar-refractivity contribution in [2.24, 2.45) is 7.05 Å². The van der Waals surface area contributed by atoms with Crippen LogP contribution in [-0.4, -0.2) is 14.1 Å². The standard InChI is InChI=1S/C26H21N3O2/c1-28-21-15-9-8-14-20(21)23(30)22-25(28)27-24(19-12-6-3-7-13-19)29(26(22)31)17-16-18-10-4-2-5-11-18/h2-15H,16-17H2,1H3. The van der Waals surface area contributed by atoms with Crippen molar-refractivity contribution >= 4 is 21.9 Å². The minimum Gasteiger partial charge on any atom is -0.328 e. The van der Waals surface area contributed by atoms with Crippen molar-refractivity contribution in [3.63, 3.8) is 0 Å². The number of para-hydroxylation sites is 1. The van der Waals surface area contributed by atoms with Gasteiger partial charge >= 0.3 is 0 Å². The molecule has 0 bridgehead atoms. The molecule has 0 aliphatic carbocycles. The molecule has 5 heteroatoms. The van der Waals surface area contributed by atoms with Crippen LogP contribution in [0.4, 0.5) is 0 Å². The predicted molar refractivity (Wildman–Crippen MR) is 124 cm³/mol. The molecule has 0 N–H and O–H groups in total. The van der Waals surface area contributed by atoms with Gasteiger partial charge < -0.3 is 4.57 Å². The first-order chi connectivity index (χ1) is 15.1. The Hall–Kier alpha value is -3.99. The van der Waals surface area contributed by atoms with Crippen molar-refractivity contribution in [2.45, 2.75) is 13.0 Å². The highest BCUT2D eigenvalue weighted by Crippen LogP contribution is 2.20. The zero-order valence-corrected chi connectivity index (χ0v) is 17.2. The molecule has 31 heavy (non-hydrogen) atoms. The van der Waals surface area contributed by atoms with Crippen molar-refractivity contribution < 1.29 is 0 Å². The van der Waals surface area contributed by atoms with E-state index in [1.54, 1.807) is 10.6 Å². The van der Waals surface area contributed by atoms with E-state index in [1.165, 1.54) is 0 Å². The highest BCUT2D eigenvalue weighted by Gasteiger charge is 2.19. The summed E-state index contributed by atoms with van der Waals surface area (Å²) >= 11 is 0. The third-order valence-corrected chi connectivity index (χ3v) is 5.70. The summed E-state index contributed by atoms with van der Waals surface area (Å²) in [5.74, 6) is 0.569. The lowest BCUT2D eigenvalue weighted by atomic mass is 10.1.